The van der Waals surface area contributed by atoms with Crippen molar-refractivity contribution in [2.24, 2.45) is 7.05 Å². The Morgan fingerprint density at radius 1 is 1.33 bits per heavy atom. The van der Waals surface area contributed by atoms with Crippen molar-refractivity contribution in [2.75, 3.05) is 25.1 Å². The number of nitrogens with zero attached hydrogens (tertiary/aromatic N) is 3. The number of benzene rings is 1. The number of hydrogen-bond donors (Lipinski definition) is 0. The van der Waals surface area contributed by atoms with Crippen LogP contribution in [0, 0.1) is 0 Å². The minimum absolute atomic E-state index is 0.0715. The van der Waals surface area contributed by atoms with Gasteiger partial charge in [0.2, 0.25) is 0 Å². The van der Waals surface area contributed by atoms with Gasteiger partial charge in [0.15, 0.2) is 5.82 Å². The Balaban J connectivity index is 1.84. The normalized spacial score (nSPS) is 14.2. The van der Waals surface area contributed by atoms with E-state index in [0.717, 1.165) is 11.3 Å². The summed E-state index contributed by atoms with van der Waals surface area (Å²) in [7, 11) is 3.39. The fraction of sp³-hybridized carbons (Fsp3) is 0.250. The molecule has 1 aliphatic rings. The van der Waals surface area contributed by atoms with Gasteiger partial charge >= 0.3 is 0 Å². The van der Waals surface area contributed by atoms with Gasteiger partial charge in [-0.1, -0.05) is 18.2 Å². The molecule has 3 rings (SSSR count). The van der Waals surface area contributed by atoms with Crippen molar-refractivity contribution < 1.29 is 4.74 Å². The summed E-state index contributed by atoms with van der Waals surface area (Å²) in [5, 5.41) is 0. The Bertz CT molecular complexity index is 749. The van der Waals surface area contributed by atoms with Gasteiger partial charge in [0.1, 0.15) is 5.75 Å². The highest BCUT2D eigenvalue weighted by atomic mass is 16.5. The van der Waals surface area contributed by atoms with E-state index < -0.39 is 0 Å². The van der Waals surface area contributed by atoms with E-state index in [9.17, 15) is 4.79 Å². The van der Waals surface area contributed by atoms with Crippen LogP contribution in [0.25, 0.3) is 5.57 Å². The second kappa shape index (κ2) is 5.44. The van der Waals surface area contributed by atoms with E-state index in [4.69, 9.17) is 4.74 Å². The molecule has 5 heteroatoms. The van der Waals surface area contributed by atoms with Gasteiger partial charge in [0.05, 0.1) is 7.11 Å². The third kappa shape index (κ3) is 2.54. The standard InChI is InChI=1S/C16H17N3O2/c1-18-9-7-17-15(16(18)20)19-8-6-13(11-19)12-4-3-5-14(10-12)21-2/h3-7,9-10H,8,11H2,1-2H3. The molecule has 0 saturated heterocycles. The van der Waals surface area contributed by atoms with Crippen molar-refractivity contribution in [3.05, 3.63) is 58.7 Å². The van der Waals surface area contributed by atoms with Crippen LogP contribution in [0.4, 0.5) is 5.82 Å². The Hall–Kier alpha value is -2.56. The van der Waals surface area contributed by atoms with Gasteiger partial charge in [-0.3, -0.25) is 4.79 Å². The smallest absolute Gasteiger partial charge is 0.293 e. The molecule has 21 heavy (non-hydrogen) atoms. The predicted molar refractivity (Wildman–Crippen MR) is 82.7 cm³/mol. The van der Waals surface area contributed by atoms with Crippen LogP contribution in [0.2, 0.25) is 0 Å². The van der Waals surface area contributed by atoms with Crippen molar-refractivity contribution in [1.29, 1.82) is 0 Å². The minimum Gasteiger partial charge on any atom is -0.497 e. The summed E-state index contributed by atoms with van der Waals surface area (Å²) >= 11 is 0. The van der Waals surface area contributed by atoms with Gasteiger partial charge in [0.25, 0.3) is 5.56 Å². The molecule has 1 aromatic heterocycles. The molecule has 0 spiro atoms. The number of anilines is 1. The minimum atomic E-state index is -0.0715. The molecule has 0 radical (unpaired) electrons. The molecule has 0 amide bonds. The molecule has 0 fully saturated rings. The van der Waals surface area contributed by atoms with E-state index in [1.165, 1.54) is 5.57 Å². The molecule has 5 nitrogen and oxygen atoms in total. The van der Waals surface area contributed by atoms with Gasteiger partial charge in [0, 0.05) is 32.5 Å². The van der Waals surface area contributed by atoms with E-state index in [0.29, 0.717) is 18.9 Å². The molecule has 0 N–H and O–H groups in total. The largest absolute Gasteiger partial charge is 0.497 e. The van der Waals surface area contributed by atoms with Gasteiger partial charge < -0.3 is 14.2 Å². The fourth-order valence-electron chi connectivity index (χ4n) is 2.45. The number of rotatable bonds is 3. The zero-order valence-corrected chi connectivity index (χ0v) is 12.1. The summed E-state index contributed by atoms with van der Waals surface area (Å²) in [5.74, 6) is 1.33. The molecule has 0 saturated carbocycles. The van der Waals surface area contributed by atoms with E-state index >= 15 is 0 Å². The van der Waals surface area contributed by atoms with E-state index in [1.54, 1.807) is 31.1 Å². The van der Waals surface area contributed by atoms with E-state index in [1.807, 2.05) is 29.2 Å². The second-order valence-corrected chi connectivity index (χ2v) is 5.01. The highest BCUT2D eigenvalue weighted by Crippen LogP contribution is 2.25. The Morgan fingerprint density at radius 3 is 3.00 bits per heavy atom. The van der Waals surface area contributed by atoms with Crippen LogP contribution < -0.4 is 15.2 Å². The summed E-state index contributed by atoms with van der Waals surface area (Å²) in [6.07, 6.45) is 5.45. The van der Waals surface area contributed by atoms with Crippen LogP contribution in [0.5, 0.6) is 5.75 Å². The first kappa shape index (κ1) is 13.4. The monoisotopic (exact) mass is 283 g/mol. The topological polar surface area (TPSA) is 47.4 Å². The van der Waals surface area contributed by atoms with Crippen molar-refractivity contribution in [1.82, 2.24) is 9.55 Å². The highest BCUT2D eigenvalue weighted by Gasteiger charge is 2.19. The molecule has 2 heterocycles. The maximum atomic E-state index is 12.1. The summed E-state index contributed by atoms with van der Waals surface area (Å²) in [4.78, 5) is 18.3. The molecule has 1 aliphatic heterocycles. The Labute approximate surface area is 123 Å². The molecule has 0 bridgehead atoms. The van der Waals surface area contributed by atoms with Crippen LogP contribution in [-0.2, 0) is 7.05 Å². The van der Waals surface area contributed by atoms with Gasteiger partial charge in [-0.2, -0.15) is 0 Å². The van der Waals surface area contributed by atoms with Crippen LogP contribution in [0.3, 0.4) is 0 Å². The van der Waals surface area contributed by atoms with Crippen LogP contribution in [0.15, 0.2) is 47.5 Å². The quantitative estimate of drug-likeness (QED) is 0.860. The first-order valence-electron chi connectivity index (χ1n) is 6.79. The summed E-state index contributed by atoms with van der Waals surface area (Å²) in [6.45, 7) is 1.37. The second-order valence-electron chi connectivity index (χ2n) is 5.01. The molecule has 1 aromatic carbocycles. The highest BCUT2D eigenvalue weighted by molar-refractivity contribution is 5.74. The molecule has 0 unspecified atom stereocenters. The lowest BCUT2D eigenvalue weighted by Crippen LogP contribution is -2.30. The SMILES string of the molecule is COc1cccc(C2=CCN(c3nccn(C)c3=O)C2)c1. The van der Waals surface area contributed by atoms with Crippen molar-refractivity contribution in [2.45, 2.75) is 0 Å². The van der Waals surface area contributed by atoms with Crippen LogP contribution in [-0.4, -0.2) is 29.8 Å². The molecular weight excluding hydrogens is 266 g/mol. The maximum Gasteiger partial charge on any atom is 0.293 e. The lowest BCUT2D eigenvalue weighted by atomic mass is 10.1. The number of methoxy groups -OCH3 is 1. The zero-order valence-electron chi connectivity index (χ0n) is 12.1. The number of ether oxygens (including phenoxy) is 1. The van der Waals surface area contributed by atoms with Crippen LogP contribution >= 0.6 is 0 Å². The summed E-state index contributed by atoms with van der Waals surface area (Å²) in [6, 6.07) is 7.95. The number of hydrogen-bond acceptors (Lipinski definition) is 4. The van der Waals surface area contributed by atoms with Crippen molar-refractivity contribution in [3.8, 4) is 5.75 Å². The van der Waals surface area contributed by atoms with Crippen LogP contribution in [0.1, 0.15) is 5.56 Å². The van der Waals surface area contributed by atoms with Gasteiger partial charge in [-0.15, -0.1) is 0 Å². The molecule has 0 atom stereocenters. The van der Waals surface area contributed by atoms with Crippen molar-refractivity contribution in [3.63, 3.8) is 0 Å². The first-order valence-corrected chi connectivity index (χ1v) is 6.79. The zero-order chi connectivity index (χ0) is 14.8. The molecular formula is C16H17N3O2. The molecule has 2 aromatic rings. The summed E-state index contributed by atoms with van der Waals surface area (Å²) in [5.41, 5.74) is 2.23. The molecule has 0 aliphatic carbocycles. The average molecular weight is 283 g/mol. The number of aryl methyl sites for hydroxylation is 1. The third-order valence-corrected chi connectivity index (χ3v) is 3.66. The first-order chi connectivity index (χ1) is 10.2. The van der Waals surface area contributed by atoms with Gasteiger partial charge in [-0.05, 0) is 23.3 Å². The Morgan fingerprint density at radius 2 is 2.19 bits per heavy atom. The van der Waals surface area contributed by atoms with Crippen molar-refractivity contribution >= 4 is 11.4 Å². The lowest BCUT2D eigenvalue weighted by Gasteiger charge is -2.17. The number of aromatic nitrogens is 2. The maximum absolute atomic E-state index is 12.1. The van der Waals surface area contributed by atoms with E-state index in [2.05, 4.69) is 11.1 Å². The molecule has 108 valence electrons. The van der Waals surface area contributed by atoms with Gasteiger partial charge in [-0.25, -0.2) is 4.98 Å². The summed E-state index contributed by atoms with van der Waals surface area (Å²) < 4.78 is 6.80. The predicted octanol–water partition coefficient (Wildman–Crippen LogP) is 1.69. The fourth-order valence-corrected chi connectivity index (χ4v) is 2.45. The van der Waals surface area contributed by atoms with E-state index in [-0.39, 0.29) is 5.56 Å². The lowest BCUT2D eigenvalue weighted by molar-refractivity contribution is 0.414. The Kier molecular flexibility index (Phi) is 3.48. The average Bonchev–Trinajstić information content (AvgIpc) is 3.00. The third-order valence-electron chi connectivity index (χ3n) is 3.66.